The molecule has 0 N–H and O–H groups in total. The summed E-state index contributed by atoms with van der Waals surface area (Å²) in [6.45, 7) is 0. The number of hydrogen-bond donors (Lipinski definition) is 0. The normalized spacial score (nSPS) is 14.7. The Morgan fingerprint density at radius 3 is 0.936 bits per heavy atom. The van der Waals surface area contributed by atoms with E-state index in [1.165, 1.54) is 65.4 Å². The van der Waals surface area contributed by atoms with Gasteiger partial charge in [-0.3, -0.25) is 0 Å². The first-order valence-corrected chi connectivity index (χ1v) is 19.3. The zero-order valence-electron chi connectivity index (χ0n) is 24.8. The lowest BCUT2D eigenvalue weighted by atomic mass is 9.70. The third kappa shape index (κ3) is 4.26. The number of benzene rings is 6. The maximum atomic E-state index is 3.85. The van der Waals surface area contributed by atoms with E-state index in [0.29, 0.717) is 0 Å². The fourth-order valence-electron chi connectivity index (χ4n) is 8.09. The molecule has 0 aliphatic heterocycles. The molecule has 5 heteroatoms. The van der Waals surface area contributed by atoms with Crippen LogP contribution in [0.15, 0.2) is 163 Å². The van der Waals surface area contributed by atoms with Crippen LogP contribution in [0.2, 0.25) is 0 Å². The van der Waals surface area contributed by atoms with Crippen molar-refractivity contribution in [2.75, 3.05) is 0 Å². The summed E-state index contributed by atoms with van der Waals surface area (Å²) in [5, 5.41) is 0. The minimum atomic E-state index is -0.501. The molecular formula is C42H24Br4S. The molecule has 0 bridgehead atoms. The summed E-state index contributed by atoms with van der Waals surface area (Å²) >= 11 is 17.3. The van der Waals surface area contributed by atoms with E-state index >= 15 is 0 Å². The van der Waals surface area contributed by atoms with Crippen LogP contribution in [0.4, 0.5) is 0 Å². The molecule has 0 fully saturated rings. The molecule has 0 atom stereocenters. The molecule has 0 spiro atoms. The van der Waals surface area contributed by atoms with Crippen LogP contribution in [0.3, 0.4) is 0 Å². The van der Waals surface area contributed by atoms with Crippen molar-refractivity contribution in [1.29, 1.82) is 0 Å². The average Bonchev–Trinajstić information content (AvgIpc) is 3.76. The predicted molar refractivity (Wildman–Crippen MR) is 210 cm³/mol. The van der Waals surface area contributed by atoms with Crippen LogP contribution in [0.25, 0.3) is 22.3 Å². The Morgan fingerprint density at radius 2 is 0.638 bits per heavy atom. The van der Waals surface area contributed by atoms with Gasteiger partial charge >= 0.3 is 0 Å². The number of fused-ring (bicyclic) bond motifs is 6. The Kier molecular flexibility index (Phi) is 7.19. The van der Waals surface area contributed by atoms with E-state index in [-0.39, 0.29) is 0 Å². The molecular weight excluding hydrogens is 856 g/mol. The molecule has 226 valence electrons. The van der Waals surface area contributed by atoms with Crippen LogP contribution >= 0.6 is 75.1 Å². The Morgan fingerprint density at radius 1 is 0.340 bits per heavy atom. The van der Waals surface area contributed by atoms with Gasteiger partial charge in [0.15, 0.2) is 0 Å². The molecule has 0 unspecified atom stereocenters. The van der Waals surface area contributed by atoms with Gasteiger partial charge < -0.3 is 0 Å². The summed E-state index contributed by atoms with van der Waals surface area (Å²) in [5.74, 6) is 0. The van der Waals surface area contributed by atoms with E-state index in [4.69, 9.17) is 0 Å². The highest BCUT2D eigenvalue weighted by atomic mass is 79.9. The van der Waals surface area contributed by atoms with E-state index in [9.17, 15) is 0 Å². The highest BCUT2D eigenvalue weighted by Gasteiger charge is 2.51. The molecule has 7 aromatic rings. The Balaban J connectivity index is 1.41. The topological polar surface area (TPSA) is 0 Å². The van der Waals surface area contributed by atoms with Gasteiger partial charge in [-0.25, -0.2) is 0 Å². The molecule has 2 aliphatic rings. The maximum Gasteiger partial charge on any atom is 0.0807 e. The van der Waals surface area contributed by atoms with E-state index in [0.717, 1.165) is 17.9 Å². The zero-order valence-corrected chi connectivity index (χ0v) is 31.9. The molecule has 0 saturated carbocycles. The van der Waals surface area contributed by atoms with Crippen molar-refractivity contribution in [2.24, 2.45) is 0 Å². The molecule has 9 rings (SSSR count). The lowest BCUT2D eigenvalue weighted by Crippen LogP contribution is -2.28. The standard InChI is InChI=1S/C42H24Br4S/c43-27-11-15-31-32-16-12-28(44)22-36(32)41(35(31)21-27,25-7-3-1-4-8-25)39-19-20-40(47-39)42(26-9-5-2-6-10-26)37-23-29(45)13-17-33(37)34-18-14-30(46)24-38(34)42/h1-24H. The Labute approximate surface area is 312 Å². The quantitative estimate of drug-likeness (QED) is 0.165. The first-order valence-electron chi connectivity index (χ1n) is 15.3. The van der Waals surface area contributed by atoms with Crippen LogP contribution in [0.1, 0.15) is 43.1 Å². The minimum absolute atomic E-state index is 0.501. The molecule has 2 aliphatic carbocycles. The third-order valence-corrected chi connectivity index (χ3v) is 13.2. The van der Waals surface area contributed by atoms with Crippen LogP contribution in [-0.2, 0) is 10.8 Å². The van der Waals surface area contributed by atoms with Gasteiger partial charge in [0.25, 0.3) is 0 Å². The van der Waals surface area contributed by atoms with Crippen molar-refractivity contribution >= 4 is 75.1 Å². The van der Waals surface area contributed by atoms with Gasteiger partial charge in [0.2, 0.25) is 0 Å². The largest absolute Gasteiger partial charge is 0.142 e. The fourth-order valence-corrected chi connectivity index (χ4v) is 11.0. The third-order valence-electron chi connectivity index (χ3n) is 9.88. The summed E-state index contributed by atoms with van der Waals surface area (Å²) in [7, 11) is 0. The highest BCUT2D eigenvalue weighted by molar-refractivity contribution is 9.11. The van der Waals surface area contributed by atoms with Gasteiger partial charge in [0.1, 0.15) is 0 Å². The van der Waals surface area contributed by atoms with Gasteiger partial charge in [-0.1, -0.05) is 149 Å². The summed E-state index contributed by atoms with van der Waals surface area (Å²) in [4.78, 5) is 2.59. The van der Waals surface area contributed by atoms with Gasteiger partial charge in [-0.15, -0.1) is 11.3 Å². The fraction of sp³-hybridized carbons (Fsp3) is 0.0476. The summed E-state index contributed by atoms with van der Waals surface area (Å²) in [6, 6.07) is 53.9. The van der Waals surface area contributed by atoms with Crippen molar-refractivity contribution in [3.8, 4) is 22.3 Å². The van der Waals surface area contributed by atoms with Gasteiger partial charge in [-0.05, 0) is 116 Å². The van der Waals surface area contributed by atoms with Gasteiger partial charge in [0, 0.05) is 27.6 Å². The van der Waals surface area contributed by atoms with Crippen LogP contribution in [0, 0.1) is 0 Å². The van der Waals surface area contributed by atoms with Crippen molar-refractivity contribution in [1.82, 2.24) is 0 Å². The molecule has 0 nitrogen and oxygen atoms in total. The Hall–Kier alpha value is -3.06. The summed E-state index contributed by atoms with van der Waals surface area (Å²) < 4.78 is 4.31. The lowest BCUT2D eigenvalue weighted by molar-refractivity contribution is 0.784. The van der Waals surface area contributed by atoms with Crippen LogP contribution in [-0.4, -0.2) is 0 Å². The number of thiophene rings is 1. The van der Waals surface area contributed by atoms with E-state index in [1.807, 2.05) is 11.3 Å². The zero-order chi connectivity index (χ0) is 31.9. The van der Waals surface area contributed by atoms with Crippen molar-refractivity contribution in [3.63, 3.8) is 0 Å². The second-order valence-corrected chi connectivity index (χ2v) is 16.9. The van der Waals surface area contributed by atoms with Crippen LogP contribution < -0.4 is 0 Å². The maximum absolute atomic E-state index is 3.85. The average molecular weight is 880 g/mol. The second-order valence-electron chi connectivity index (χ2n) is 12.2. The monoisotopic (exact) mass is 876 g/mol. The predicted octanol–water partition coefficient (Wildman–Crippen LogP) is 13.5. The van der Waals surface area contributed by atoms with Crippen molar-refractivity contribution in [3.05, 3.63) is 207 Å². The molecule has 0 radical (unpaired) electrons. The first-order chi connectivity index (χ1) is 22.9. The smallest absolute Gasteiger partial charge is 0.0807 e. The molecule has 6 aromatic carbocycles. The lowest BCUT2D eigenvalue weighted by Gasteiger charge is -2.34. The Bertz CT molecular complexity index is 2090. The summed E-state index contributed by atoms with van der Waals surface area (Å²) in [6.07, 6.45) is 0. The number of hydrogen-bond acceptors (Lipinski definition) is 1. The SMILES string of the molecule is Brc1ccc2c(c1)C(c1ccccc1)(c1ccc(C3(c4ccccc4)c4cc(Br)ccc4-c4ccc(Br)cc43)s1)c1cc(Br)ccc1-2. The molecule has 0 amide bonds. The van der Waals surface area contributed by atoms with Crippen molar-refractivity contribution < 1.29 is 0 Å². The minimum Gasteiger partial charge on any atom is -0.142 e. The van der Waals surface area contributed by atoms with E-state index in [2.05, 4.69) is 209 Å². The van der Waals surface area contributed by atoms with Gasteiger partial charge in [-0.2, -0.15) is 0 Å². The molecule has 47 heavy (non-hydrogen) atoms. The number of rotatable bonds is 4. The van der Waals surface area contributed by atoms with Gasteiger partial charge in [0.05, 0.1) is 10.8 Å². The van der Waals surface area contributed by atoms with Crippen LogP contribution in [0.5, 0.6) is 0 Å². The first kappa shape index (κ1) is 30.0. The second kappa shape index (κ2) is 11.2. The van der Waals surface area contributed by atoms with E-state index < -0.39 is 10.8 Å². The highest BCUT2D eigenvalue weighted by Crippen LogP contribution is 2.62. The molecule has 1 heterocycles. The van der Waals surface area contributed by atoms with Crippen molar-refractivity contribution in [2.45, 2.75) is 10.8 Å². The van der Waals surface area contributed by atoms with E-state index in [1.54, 1.807) is 0 Å². The number of halogens is 4. The summed E-state index contributed by atoms with van der Waals surface area (Å²) in [5.41, 5.74) is 11.8. The molecule has 0 saturated heterocycles. The molecule has 1 aromatic heterocycles.